The molecule has 2 aliphatic heterocycles. The molecular weight excluding hydrogens is 368 g/mol. The van der Waals surface area contributed by atoms with Gasteiger partial charge in [0.15, 0.2) is 0 Å². The summed E-state index contributed by atoms with van der Waals surface area (Å²) in [5.41, 5.74) is 4.35. The van der Waals surface area contributed by atoms with Crippen molar-refractivity contribution in [2.24, 2.45) is 5.92 Å². The van der Waals surface area contributed by atoms with Crippen LogP contribution in [0.4, 0.5) is 5.69 Å². The molecule has 3 atom stereocenters. The van der Waals surface area contributed by atoms with Crippen molar-refractivity contribution in [3.63, 3.8) is 0 Å². The Morgan fingerprint density at radius 3 is 2.69 bits per heavy atom. The minimum Gasteiger partial charge on any atom is -0.497 e. The number of carbonyl (C=O) groups excluding carboxylic acids is 1. The van der Waals surface area contributed by atoms with Crippen molar-refractivity contribution >= 4 is 11.6 Å². The largest absolute Gasteiger partial charge is 0.497 e. The van der Waals surface area contributed by atoms with E-state index in [2.05, 4.69) is 29.2 Å². The Labute approximate surface area is 171 Å². The zero-order valence-electron chi connectivity index (χ0n) is 17.2. The van der Waals surface area contributed by atoms with Gasteiger partial charge in [-0.05, 0) is 47.4 Å². The fraction of sp³-hybridized carbons (Fsp3) is 0.435. The van der Waals surface area contributed by atoms with Crippen LogP contribution >= 0.6 is 0 Å². The van der Waals surface area contributed by atoms with Gasteiger partial charge in [-0.15, -0.1) is 0 Å². The normalized spacial score (nSPS) is 23.0. The maximum Gasteiger partial charge on any atom is 0.249 e. The lowest BCUT2D eigenvalue weighted by molar-refractivity contribution is -0.136. The van der Waals surface area contributed by atoms with Crippen LogP contribution in [0, 0.1) is 5.92 Å². The van der Waals surface area contributed by atoms with Gasteiger partial charge in [0, 0.05) is 32.3 Å². The van der Waals surface area contributed by atoms with Crippen LogP contribution in [0.5, 0.6) is 5.75 Å². The maximum atomic E-state index is 12.7. The third kappa shape index (κ3) is 3.36. The van der Waals surface area contributed by atoms with Gasteiger partial charge in [-0.3, -0.25) is 4.79 Å². The summed E-state index contributed by atoms with van der Waals surface area (Å²) in [5.74, 6) is 1.01. The number of likely N-dealkylation sites (tertiary alicyclic amines) is 1. The number of nitrogens with zero attached hydrogens (tertiary/aromatic N) is 2. The van der Waals surface area contributed by atoms with E-state index in [1.807, 2.05) is 30.1 Å². The molecule has 1 amide bonds. The Kier molecular flexibility index (Phi) is 5.48. The molecule has 6 nitrogen and oxygen atoms in total. The van der Waals surface area contributed by atoms with E-state index in [1.54, 1.807) is 14.2 Å². The van der Waals surface area contributed by atoms with E-state index in [0.29, 0.717) is 6.54 Å². The SMILES string of the molecule is COCC(=O)N1CC[C@@H]2[C@H]1c1cc(-c3cccc(OC)c3)ccc1N(C)[C@@H]2CO. The number of aliphatic hydroxyl groups is 1. The van der Waals surface area contributed by atoms with Crippen LogP contribution in [0.15, 0.2) is 42.5 Å². The van der Waals surface area contributed by atoms with Crippen molar-refractivity contribution in [2.45, 2.75) is 18.5 Å². The summed E-state index contributed by atoms with van der Waals surface area (Å²) in [6, 6.07) is 14.3. The van der Waals surface area contributed by atoms with E-state index >= 15 is 0 Å². The predicted octanol–water partition coefficient (Wildman–Crippen LogP) is 2.71. The average Bonchev–Trinajstić information content (AvgIpc) is 3.19. The van der Waals surface area contributed by atoms with Crippen LogP contribution in [-0.4, -0.2) is 63.0 Å². The molecule has 1 fully saturated rings. The van der Waals surface area contributed by atoms with Gasteiger partial charge in [0.1, 0.15) is 12.4 Å². The standard InChI is InChI=1S/C23H28N2O4/c1-24-20-8-7-16(15-5-4-6-17(11-15)29-3)12-19(20)23-18(21(24)13-26)9-10-25(23)22(27)14-28-2/h4-8,11-12,18,21,23,26H,9-10,13-14H2,1-3H3/t18-,21+,23-/m0/s1. The van der Waals surface area contributed by atoms with E-state index in [9.17, 15) is 9.90 Å². The van der Waals surface area contributed by atoms with Gasteiger partial charge in [0.05, 0.1) is 25.8 Å². The first-order valence-corrected chi connectivity index (χ1v) is 9.99. The average molecular weight is 396 g/mol. The maximum absolute atomic E-state index is 12.7. The first kappa shape index (κ1) is 19.7. The Morgan fingerprint density at radius 2 is 1.97 bits per heavy atom. The molecule has 2 aromatic carbocycles. The van der Waals surface area contributed by atoms with E-state index in [0.717, 1.165) is 34.5 Å². The number of aliphatic hydroxyl groups excluding tert-OH is 1. The quantitative estimate of drug-likeness (QED) is 0.842. The van der Waals surface area contributed by atoms with Gasteiger partial charge >= 0.3 is 0 Å². The molecule has 0 bridgehead atoms. The number of fused-ring (bicyclic) bond motifs is 3. The summed E-state index contributed by atoms with van der Waals surface area (Å²) in [4.78, 5) is 16.8. The first-order chi connectivity index (χ1) is 14.1. The molecule has 1 saturated heterocycles. The molecule has 0 aromatic heterocycles. The Bertz CT molecular complexity index is 900. The second-order valence-corrected chi connectivity index (χ2v) is 7.78. The molecule has 0 radical (unpaired) electrons. The number of benzene rings is 2. The summed E-state index contributed by atoms with van der Waals surface area (Å²) < 4.78 is 10.5. The minimum absolute atomic E-state index is 0.000948. The van der Waals surface area contributed by atoms with Gasteiger partial charge in [-0.1, -0.05) is 18.2 Å². The molecule has 154 valence electrons. The number of ether oxygens (including phenoxy) is 2. The fourth-order valence-corrected chi connectivity index (χ4v) is 4.92. The molecule has 6 heteroatoms. The van der Waals surface area contributed by atoms with Crippen molar-refractivity contribution in [3.8, 4) is 16.9 Å². The van der Waals surface area contributed by atoms with Gasteiger partial charge in [-0.25, -0.2) is 0 Å². The van der Waals surface area contributed by atoms with Gasteiger partial charge in [0.25, 0.3) is 0 Å². The van der Waals surface area contributed by atoms with Gasteiger partial charge in [-0.2, -0.15) is 0 Å². The molecule has 0 spiro atoms. The van der Waals surface area contributed by atoms with Gasteiger partial charge < -0.3 is 24.4 Å². The molecule has 1 N–H and O–H groups in total. The summed E-state index contributed by atoms with van der Waals surface area (Å²) in [7, 11) is 5.24. The molecule has 4 rings (SSSR count). The molecular formula is C23H28N2O4. The topological polar surface area (TPSA) is 62.2 Å². The predicted molar refractivity (Wildman–Crippen MR) is 112 cm³/mol. The number of hydrogen-bond acceptors (Lipinski definition) is 5. The second-order valence-electron chi connectivity index (χ2n) is 7.78. The number of anilines is 1. The number of rotatable bonds is 5. The van der Waals surface area contributed by atoms with Crippen molar-refractivity contribution in [1.82, 2.24) is 4.90 Å². The smallest absolute Gasteiger partial charge is 0.249 e. The van der Waals surface area contributed by atoms with Gasteiger partial charge in [0.2, 0.25) is 5.91 Å². The number of likely N-dealkylation sites (N-methyl/N-ethyl adjacent to an activating group) is 1. The minimum atomic E-state index is -0.0495. The summed E-state index contributed by atoms with van der Waals surface area (Å²) in [6.45, 7) is 0.833. The van der Waals surface area contributed by atoms with E-state index < -0.39 is 0 Å². The van der Waals surface area contributed by atoms with Crippen molar-refractivity contribution in [2.75, 3.05) is 45.9 Å². The van der Waals surface area contributed by atoms with Crippen molar-refractivity contribution in [3.05, 3.63) is 48.0 Å². The lowest BCUT2D eigenvalue weighted by Gasteiger charge is -2.44. The molecule has 0 saturated carbocycles. The molecule has 2 aliphatic rings. The van der Waals surface area contributed by atoms with Crippen LogP contribution in [-0.2, 0) is 9.53 Å². The van der Waals surface area contributed by atoms with Crippen molar-refractivity contribution in [1.29, 1.82) is 0 Å². The molecule has 29 heavy (non-hydrogen) atoms. The Balaban J connectivity index is 1.80. The molecule has 2 aromatic rings. The van der Waals surface area contributed by atoms with Crippen LogP contribution in [0.3, 0.4) is 0 Å². The Hall–Kier alpha value is -2.57. The third-order valence-corrected chi connectivity index (χ3v) is 6.34. The Morgan fingerprint density at radius 1 is 1.17 bits per heavy atom. The number of carbonyl (C=O) groups is 1. The van der Waals surface area contributed by atoms with E-state index in [1.165, 1.54) is 0 Å². The van der Waals surface area contributed by atoms with E-state index in [4.69, 9.17) is 9.47 Å². The van der Waals surface area contributed by atoms with E-state index in [-0.39, 0.29) is 37.1 Å². The molecule has 2 heterocycles. The highest BCUT2D eigenvalue weighted by atomic mass is 16.5. The summed E-state index contributed by atoms with van der Waals surface area (Å²) >= 11 is 0. The number of amides is 1. The first-order valence-electron chi connectivity index (χ1n) is 9.99. The molecule has 0 unspecified atom stereocenters. The highest BCUT2D eigenvalue weighted by Crippen LogP contribution is 2.49. The third-order valence-electron chi connectivity index (χ3n) is 6.34. The van der Waals surface area contributed by atoms with Crippen molar-refractivity contribution < 1.29 is 19.4 Å². The monoisotopic (exact) mass is 396 g/mol. The van der Waals surface area contributed by atoms with Crippen LogP contribution in [0.2, 0.25) is 0 Å². The van der Waals surface area contributed by atoms with Crippen LogP contribution < -0.4 is 9.64 Å². The van der Waals surface area contributed by atoms with Crippen LogP contribution in [0.1, 0.15) is 18.0 Å². The summed E-state index contributed by atoms with van der Waals surface area (Å²) in [6.07, 6.45) is 0.874. The fourth-order valence-electron chi connectivity index (χ4n) is 4.92. The lowest BCUT2D eigenvalue weighted by atomic mass is 9.81. The zero-order valence-corrected chi connectivity index (χ0v) is 17.2. The number of methoxy groups -OCH3 is 2. The highest BCUT2D eigenvalue weighted by Gasteiger charge is 2.47. The highest BCUT2D eigenvalue weighted by molar-refractivity contribution is 5.80. The summed E-state index contributed by atoms with van der Waals surface area (Å²) in [5, 5.41) is 10.1. The number of hydrogen-bond donors (Lipinski definition) is 1. The second kappa shape index (κ2) is 8.05. The van der Waals surface area contributed by atoms with Crippen LogP contribution in [0.25, 0.3) is 11.1 Å². The lowest BCUT2D eigenvalue weighted by Crippen LogP contribution is -2.48. The molecule has 0 aliphatic carbocycles. The zero-order chi connectivity index (χ0) is 20.5.